The maximum absolute atomic E-state index is 15.3. The average molecular weight is 1080 g/mol. The van der Waals surface area contributed by atoms with Crippen molar-refractivity contribution in [3.8, 4) is 5.75 Å². The number of benzene rings is 7. The number of hydrogen-bond donors (Lipinski definition) is 2. The van der Waals surface area contributed by atoms with Gasteiger partial charge in [0.15, 0.2) is 10.8 Å². The molecule has 1 fully saturated rings. The molecule has 0 bridgehead atoms. The molecule has 2 N–H and O–H groups in total. The van der Waals surface area contributed by atoms with E-state index in [9.17, 15) is 18.4 Å². The van der Waals surface area contributed by atoms with Gasteiger partial charge in [-0.1, -0.05) is 204 Å². The third kappa shape index (κ3) is 10.9. The SMILES string of the molecule is COc1ccc(COC(=O)C2=C(CON=CC(F)F)CS[C@@H]3[C@H](NC(=O)/C(=N\OC(c4ccccc4)(c4ccccc4)c4ccccc4)c4csc(NC(c5ccccc5)(c5ccccc5)c5ccccc5)n4)C(=O)N23)cc1. The molecule has 2 aliphatic rings. The Labute approximate surface area is 457 Å². The summed E-state index contributed by atoms with van der Waals surface area (Å²) in [5.41, 5.74) is 3.21. The van der Waals surface area contributed by atoms with Crippen LogP contribution in [0.25, 0.3) is 0 Å². The summed E-state index contributed by atoms with van der Waals surface area (Å²) in [7, 11) is 1.53. The number of thioether (sulfide) groups is 1. The van der Waals surface area contributed by atoms with Crippen LogP contribution in [0.15, 0.2) is 233 Å². The number of β-lactam (4-membered cyclic amide) rings is 1. The van der Waals surface area contributed by atoms with E-state index in [2.05, 4.69) is 15.8 Å². The summed E-state index contributed by atoms with van der Waals surface area (Å²) in [6, 6.07) is 64.4. The Balaban J connectivity index is 1.03. The van der Waals surface area contributed by atoms with Gasteiger partial charge in [-0.3, -0.25) is 14.5 Å². The third-order valence-corrected chi connectivity index (χ3v) is 15.3. The van der Waals surface area contributed by atoms with Crippen LogP contribution in [0, 0.1) is 0 Å². The second-order valence-electron chi connectivity index (χ2n) is 17.9. The van der Waals surface area contributed by atoms with Crippen LogP contribution in [-0.4, -0.2) is 76.9 Å². The molecule has 392 valence electrons. The zero-order valence-electron chi connectivity index (χ0n) is 41.9. The van der Waals surface area contributed by atoms with Gasteiger partial charge in [0.25, 0.3) is 18.2 Å². The summed E-state index contributed by atoms with van der Waals surface area (Å²) in [5.74, 6) is -1.59. The number of nitrogens with one attached hydrogen (secondary N) is 2. The molecule has 1 saturated heterocycles. The Kier molecular flexibility index (Phi) is 16.1. The van der Waals surface area contributed by atoms with E-state index in [0.29, 0.717) is 39.3 Å². The second kappa shape index (κ2) is 24.0. The van der Waals surface area contributed by atoms with E-state index in [-0.39, 0.29) is 35.0 Å². The summed E-state index contributed by atoms with van der Waals surface area (Å²) < 4.78 is 36.9. The number of rotatable bonds is 21. The van der Waals surface area contributed by atoms with E-state index in [1.807, 2.05) is 182 Å². The Morgan fingerprint density at radius 2 is 1.22 bits per heavy atom. The minimum atomic E-state index is -2.87. The number of amides is 2. The van der Waals surface area contributed by atoms with E-state index in [1.54, 1.807) is 29.6 Å². The first-order valence-corrected chi connectivity index (χ1v) is 26.7. The number of ether oxygens (including phenoxy) is 2. The van der Waals surface area contributed by atoms with Crippen molar-refractivity contribution in [3.63, 3.8) is 0 Å². The molecule has 0 spiro atoms. The molecule has 2 aliphatic heterocycles. The number of nitrogens with zero attached hydrogens (tertiary/aromatic N) is 4. The quantitative estimate of drug-likeness (QED) is 0.0234. The lowest BCUT2D eigenvalue weighted by molar-refractivity contribution is -0.153. The van der Waals surface area contributed by atoms with Crippen molar-refractivity contribution in [3.05, 3.63) is 268 Å². The molecule has 8 aromatic rings. The van der Waals surface area contributed by atoms with Gasteiger partial charge < -0.3 is 29.8 Å². The molecule has 7 aromatic carbocycles. The summed E-state index contributed by atoms with van der Waals surface area (Å²) in [6.07, 6.45) is -2.55. The molecule has 1 aromatic heterocycles. The van der Waals surface area contributed by atoms with Crippen molar-refractivity contribution in [1.82, 2.24) is 15.2 Å². The van der Waals surface area contributed by atoms with E-state index in [4.69, 9.17) is 29.3 Å². The maximum Gasteiger partial charge on any atom is 0.355 e. The van der Waals surface area contributed by atoms with Crippen molar-refractivity contribution in [2.75, 3.05) is 24.8 Å². The van der Waals surface area contributed by atoms with E-state index >= 15 is 4.79 Å². The molecule has 0 unspecified atom stereocenters. The van der Waals surface area contributed by atoms with Crippen molar-refractivity contribution < 1.29 is 42.3 Å². The highest BCUT2D eigenvalue weighted by Gasteiger charge is 2.55. The van der Waals surface area contributed by atoms with Gasteiger partial charge in [0, 0.05) is 33.4 Å². The number of thiazole rings is 1. The lowest BCUT2D eigenvalue weighted by atomic mass is 9.77. The van der Waals surface area contributed by atoms with Crippen LogP contribution in [0.3, 0.4) is 0 Å². The van der Waals surface area contributed by atoms with Gasteiger partial charge in [-0.25, -0.2) is 18.6 Å². The Morgan fingerprint density at radius 1 is 0.718 bits per heavy atom. The molecule has 13 nitrogen and oxygen atoms in total. The number of carbonyl (C=O) groups excluding carboxylic acids is 3. The Bertz CT molecular complexity index is 3240. The first-order chi connectivity index (χ1) is 38.2. The summed E-state index contributed by atoms with van der Waals surface area (Å²) in [5, 5.41) is 16.2. The van der Waals surface area contributed by atoms with Gasteiger partial charge in [0.2, 0.25) is 5.60 Å². The second-order valence-corrected chi connectivity index (χ2v) is 19.9. The standard InChI is InChI=1S/C61H50F2N6O7S2/c1-73-49-34-32-41(33-35-49)37-74-58(72)54-42(38-75-64-36-51(62)63)39-77-57-53(56(71)69(54)57)66-55(70)52(68-76-61(46-26-14-5-15-27-46,47-28-16-6-17-29-47)48-30-18-7-19-31-48)50-40-78-59(65-50)67-60(43-20-8-2-9-21-43,44-22-10-3-11-23-44)45-24-12-4-13-25-45/h2-36,40,51,53,57H,37-39H2,1H3,(H,65,67)(H,66,70)/b64-36?,68-52-/t53-,57-/m1/s1. The number of hydrogen-bond acceptors (Lipinski definition) is 13. The van der Waals surface area contributed by atoms with Gasteiger partial charge in [0.1, 0.15) is 53.5 Å². The number of esters is 1. The molecule has 0 aliphatic carbocycles. The Morgan fingerprint density at radius 3 is 1.71 bits per heavy atom. The smallest absolute Gasteiger partial charge is 0.355 e. The molecular formula is C61H50F2N6O7S2. The minimum absolute atomic E-state index is 0.100. The number of methoxy groups -OCH3 is 1. The van der Waals surface area contributed by atoms with Crippen molar-refractivity contribution in [2.24, 2.45) is 10.3 Å². The van der Waals surface area contributed by atoms with Crippen LogP contribution in [0.2, 0.25) is 0 Å². The molecule has 0 radical (unpaired) electrons. The monoisotopic (exact) mass is 1080 g/mol. The van der Waals surface area contributed by atoms with Gasteiger partial charge in [0.05, 0.1) is 7.11 Å². The minimum Gasteiger partial charge on any atom is -0.497 e. The number of alkyl halides is 2. The first-order valence-electron chi connectivity index (χ1n) is 24.7. The highest BCUT2D eigenvalue weighted by Crippen LogP contribution is 2.44. The van der Waals surface area contributed by atoms with E-state index in [0.717, 1.165) is 16.7 Å². The lowest BCUT2D eigenvalue weighted by Crippen LogP contribution is -2.71. The van der Waals surface area contributed by atoms with E-state index in [1.165, 1.54) is 35.1 Å². The fraction of sp³-hybridized carbons (Fsp3) is 0.148. The molecule has 17 heteroatoms. The van der Waals surface area contributed by atoms with Gasteiger partial charge in [-0.05, 0) is 34.4 Å². The molecule has 0 saturated carbocycles. The topological polar surface area (TPSA) is 153 Å². The summed E-state index contributed by atoms with van der Waals surface area (Å²) in [4.78, 5) is 62.3. The molecular weight excluding hydrogens is 1030 g/mol. The zero-order chi connectivity index (χ0) is 53.9. The van der Waals surface area contributed by atoms with E-state index < -0.39 is 53.4 Å². The largest absolute Gasteiger partial charge is 0.497 e. The van der Waals surface area contributed by atoms with Gasteiger partial charge in [-0.2, -0.15) is 0 Å². The normalized spacial score (nSPS) is 15.6. The lowest BCUT2D eigenvalue weighted by Gasteiger charge is -2.49. The van der Waals surface area contributed by atoms with Crippen molar-refractivity contribution in [2.45, 2.75) is 35.6 Å². The predicted octanol–water partition coefficient (Wildman–Crippen LogP) is 10.9. The average Bonchev–Trinajstić information content (AvgIpc) is 4.10. The third-order valence-electron chi connectivity index (χ3n) is 13.2. The van der Waals surface area contributed by atoms with Crippen LogP contribution in [0.5, 0.6) is 5.75 Å². The molecule has 78 heavy (non-hydrogen) atoms. The number of oxime groups is 2. The summed E-state index contributed by atoms with van der Waals surface area (Å²) >= 11 is 2.50. The fourth-order valence-electron chi connectivity index (χ4n) is 9.51. The number of aromatic nitrogens is 1. The van der Waals surface area contributed by atoms with Crippen molar-refractivity contribution in [1.29, 1.82) is 0 Å². The van der Waals surface area contributed by atoms with Crippen LogP contribution in [-0.2, 0) is 46.5 Å². The van der Waals surface area contributed by atoms with Gasteiger partial charge in [-0.15, -0.1) is 23.1 Å². The zero-order valence-corrected chi connectivity index (χ0v) is 43.5. The maximum atomic E-state index is 15.3. The summed E-state index contributed by atoms with van der Waals surface area (Å²) in [6.45, 7) is -0.551. The predicted molar refractivity (Wildman–Crippen MR) is 297 cm³/mol. The van der Waals surface area contributed by atoms with Crippen LogP contribution in [0.1, 0.15) is 44.6 Å². The first kappa shape index (κ1) is 52.5. The number of carbonyl (C=O) groups is 3. The highest BCUT2D eigenvalue weighted by molar-refractivity contribution is 8.00. The van der Waals surface area contributed by atoms with Crippen LogP contribution < -0.4 is 15.4 Å². The number of anilines is 1. The molecule has 10 rings (SSSR count). The molecule has 2 amide bonds. The fourth-order valence-corrected chi connectivity index (χ4v) is 11.6. The number of halogens is 2. The van der Waals surface area contributed by atoms with Crippen molar-refractivity contribution >= 4 is 57.9 Å². The van der Waals surface area contributed by atoms with Gasteiger partial charge >= 0.3 is 5.97 Å². The van der Waals surface area contributed by atoms with Crippen LogP contribution in [0.4, 0.5) is 13.9 Å². The molecule has 3 heterocycles. The molecule has 2 atom stereocenters. The highest BCUT2D eigenvalue weighted by atomic mass is 32.2. The Hall–Kier alpha value is -8.93. The van der Waals surface area contributed by atoms with Crippen LogP contribution >= 0.6 is 23.1 Å². The number of fused-ring (bicyclic) bond motifs is 1.